The zero-order valence-corrected chi connectivity index (χ0v) is 20.0. The summed E-state index contributed by atoms with van der Waals surface area (Å²) in [5.41, 5.74) is 2.00. The summed E-state index contributed by atoms with van der Waals surface area (Å²) in [5, 5.41) is 11.1. The zero-order valence-electron chi connectivity index (χ0n) is 20.0. The van der Waals surface area contributed by atoms with Crippen LogP contribution in [0.25, 0.3) is 11.5 Å². The Hall–Kier alpha value is -3.82. The summed E-state index contributed by atoms with van der Waals surface area (Å²) in [4.78, 5) is 18.9. The number of hydrogen-bond donors (Lipinski definition) is 1. The smallest absolute Gasteiger partial charge is 0.316 e. The molecule has 35 heavy (non-hydrogen) atoms. The monoisotopic (exact) mass is 479 g/mol. The molecule has 1 spiro atoms. The molecule has 2 aromatic heterocycles. The lowest BCUT2D eigenvalue weighted by atomic mass is 9.94. The van der Waals surface area contributed by atoms with Crippen LogP contribution < -0.4 is 19.5 Å². The van der Waals surface area contributed by atoms with Gasteiger partial charge in [0.1, 0.15) is 17.9 Å². The van der Waals surface area contributed by atoms with Crippen LogP contribution in [0.1, 0.15) is 31.2 Å². The van der Waals surface area contributed by atoms with Crippen LogP contribution in [-0.2, 0) is 11.4 Å². The number of likely N-dealkylation sites (tertiary alicyclic amines) is 1. The minimum Gasteiger partial charge on any atom is -0.497 e. The number of methoxy groups -OCH3 is 2. The lowest BCUT2D eigenvalue weighted by Gasteiger charge is -2.32. The summed E-state index contributed by atoms with van der Waals surface area (Å²) in [6.45, 7) is 2.03. The van der Waals surface area contributed by atoms with E-state index in [1.165, 1.54) is 20.0 Å². The first-order valence-corrected chi connectivity index (χ1v) is 11.7. The molecule has 10 nitrogen and oxygen atoms in total. The van der Waals surface area contributed by atoms with Crippen LogP contribution in [0, 0.1) is 5.41 Å². The molecule has 1 saturated carbocycles. The summed E-state index contributed by atoms with van der Waals surface area (Å²) < 4.78 is 22.2. The minimum atomic E-state index is 0.0369. The van der Waals surface area contributed by atoms with Gasteiger partial charge < -0.3 is 28.8 Å². The molecule has 2 fully saturated rings. The van der Waals surface area contributed by atoms with Crippen molar-refractivity contribution < 1.29 is 23.4 Å². The number of carbonyl (C=O) groups is 1. The molecule has 1 N–H and O–H groups in total. The maximum Gasteiger partial charge on any atom is 0.316 e. The van der Waals surface area contributed by atoms with Crippen molar-refractivity contribution in [2.75, 3.05) is 39.2 Å². The van der Waals surface area contributed by atoms with Gasteiger partial charge in [-0.15, -0.1) is 5.10 Å². The second-order valence-electron chi connectivity index (χ2n) is 8.99. The number of hydrogen-bond acceptors (Lipinski definition) is 9. The summed E-state index contributed by atoms with van der Waals surface area (Å²) in [5.74, 6) is 1.74. The highest BCUT2D eigenvalue weighted by Gasteiger charge is 2.45. The van der Waals surface area contributed by atoms with Gasteiger partial charge in [0.2, 0.25) is 17.7 Å². The lowest BCUT2D eigenvalue weighted by molar-refractivity contribution is -0.130. The quantitative estimate of drug-likeness (QED) is 0.492. The lowest BCUT2D eigenvalue weighted by Crippen LogP contribution is -2.41. The van der Waals surface area contributed by atoms with E-state index < -0.39 is 0 Å². The van der Waals surface area contributed by atoms with Crippen molar-refractivity contribution in [2.45, 2.75) is 32.3 Å². The predicted octanol–water partition coefficient (Wildman–Crippen LogP) is 3.54. The first kappa shape index (κ1) is 22.9. The fourth-order valence-corrected chi connectivity index (χ4v) is 4.26. The SMILES string of the molecule is COc1ccc(COc2nc(OC)ccc2-c2nnc(NCC(=O)N3CCC4(CC3)CC4)o2)cc1. The van der Waals surface area contributed by atoms with Crippen molar-refractivity contribution >= 4 is 11.9 Å². The van der Waals surface area contributed by atoms with E-state index in [0.29, 0.717) is 22.7 Å². The Bertz CT molecular complexity index is 1170. The summed E-state index contributed by atoms with van der Waals surface area (Å²) in [7, 11) is 3.16. The third-order valence-corrected chi connectivity index (χ3v) is 6.76. The van der Waals surface area contributed by atoms with Crippen LogP contribution in [0.15, 0.2) is 40.8 Å². The summed E-state index contributed by atoms with van der Waals surface area (Å²) in [6, 6.07) is 11.2. The van der Waals surface area contributed by atoms with Crippen LogP contribution in [0.4, 0.5) is 6.01 Å². The molecule has 1 aliphatic heterocycles. The van der Waals surface area contributed by atoms with Crippen molar-refractivity contribution in [3.8, 4) is 29.0 Å². The van der Waals surface area contributed by atoms with E-state index in [9.17, 15) is 4.79 Å². The molecular formula is C25H29N5O5. The number of anilines is 1. The third kappa shape index (κ3) is 5.31. The van der Waals surface area contributed by atoms with Crippen molar-refractivity contribution in [3.63, 3.8) is 0 Å². The molecule has 5 rings (SSSR count). The van der Waals surface area contributed by atoms with Crippen LogP contribution >= 0.6 is 0 Å². The third-order valence-electron chi connectivity index (χ3n) is 6.76. The highest BCUT2D eigenvalue weighted by atomic mass is 16.5. The molecule has 1 aliphatic carbocycles. The molecule has 10 heteroatoms. The average Bonchev–Trinajstić information content (AvgIpc) is 3.48. The number of benzene rings is 1. The van der Waals surface area contributed by atoms with E-state index in [1.807, 2.05) is 29.2 Å². The van der Waals surface area contributed by atoms with Gasteiger partial charge in [0, 0.05) is 19.2 Å². The van der Waals surface area contributed by atoms with Crippen LogP contribution in [0.3, 0.4) is 0 Å². The second-order valence-corrected chi connectivity index (χ2v) is 8.99. The number of nitrogens with zero attached hydrogens (tertiary/aromatic N) is 4. The molecule has 0 bridgehead atoms. The fraction of sp³-hybridized carbons (Fsp3) is 0.440. The number of piperidine rings is 1. The first-order valence-electron chi connectivity index (χ1n) is 11.7. The Kier molecular flexibility index (Phi) is 6.43. The largest absolute Gasteiger partial charge is 0.497 e. The molecule has 2 aliphatic rings. The van der Waals surface area contributed by atoms with E-state index in [1.54, 1.807) is 19.2 Å². The standard InChI is InChI=1S/C25H29N5O5/c1-32-18-5-3-17(4-6-18)16-34-22-19(7-8-20(27-22)33-2)23-28-29-24(35-23)26-15-21(31)30-13-11-25(9-10-25)12-14-30/h3-8H,9-16H2,1-2H3,(H,26,29). The fourth-order valence-electron chi connectivity index (χ4n) is 4.26. The van der Waals surface area contributed by atoms with E-state index in [2.05, 4.69) is 20.5 Å². The number of rotatable bonds is 9. The van der Waals surface area contributed by atoms with Gasteiger partial charge in [-0.25, -0.2) is 0 Å². The van der Waals surface area contributed by atoms with Gasteiger partial charge in [0.15, 0.2) is 0 Å². The Balaban J connectivity index is 1.23. The van der Waals surface area contributed by atoms with Gasteiger partial charge in [0.25, 0.3) is 5.89 Å². The first-order chi connectivity index (χ1) is 17.1. The number of carbonyl (C=O) groups excluding carboxylic acids is 1. The number of pyridine rings is 1. The zero-order chi connectivity index (χ0) is 24.3. The van der Waals surface area contributed by atoms with Gasteiger partial charge in [-0.2, -0.15) is 4.98 Å². The normalized spacial score (nSPS) is 16.1. The molecule has 0 atom stereocenters. The number of aromatic nitrogens is 3. The average molecular weight is 480 g/mol. The van der Waals surface area contributed by atoms with Crippen molar-refractivity contribution in [2.24, 2.45) is 5.41 Å². The maximum atomic E-state index is 12.6. The van der Waals surface area contributed by atoms with Gasteiger partial charge in [-0.1, -0.05) is 17.2 Å². The van der Waals surface area contributed by atoms with E-state index in [-0.39, 0.29) is 31.0 Å². The van der Waals surface area contributed by atoms with Crippen LogP contribution in [-0.4, -0.2) is 59.8 Å². The van der Waals surface area contributed by atoms with Crippen molar-refractivity contribution in [1.29, 1.82) is 0 Å². The van der Waals surface area contributed by atoms with Gasteiger partial charge in [0.05, 0.1) is 20.8 Å². The van der Waals surface area contributed by atoms with E-state index in [4.69, 9.17) is 18.6 Å². The molecular weight excluding hydrogens is 450 g/mol. The summed E-state index contributed by atoms with van der Waals surface area (Å²) >= 11 is 0. The number of amides is 1. The van der Waals surface area contributed by atoms with Gasteiger partial charge in [-0.05, 0) is 54.9 Å². The molecule has 1 saturated heterocycles. The van der Waals surface area contributed by atoms with E-state index in [0.717, 1.165) is 37.2 Å². The Morgan fingerprint density at radius 1 is 1.03 bits per heavy atom. The second kappa shape index (κ2) is 9.81. The molecule has 0 unspecified atom stereocenters. The molecule has 1 aromatic carbocycles. The Morgan fingerprint density at radius 2 is 1.80 bits per heavy atom. The van der Waals surface area contributed by atoms with Crippen LogP contribution in [0.2, 0.25) is 0 Å². The molecule has 3 aromatic rings. The van der Waals surface area contributed by atoms with E-state index >= 15 is 0 Å². The van der Waals surface area contributed by atoms with Gasteiger partial charge >= 0.3 is 6.01 Å². The molecule has 0 radical (unpaired) electrons. The van der Waals surface area contributed by atoms with Crippen molar-refractivity contribution in [3.05, 3.63) is 42.0 Å². The van der Waals surface area contributed by atoms with Crippen LogP contribution in [0.5, 0.6) is 17.5 Å². The highest BCUT2D eigenvalue weighted by molar-refractivity contribution is 5.80. The molecule has 1 amide bonds. The van der Waals surface area contributed by atoms with Crippen molar-refractivity contribution in [1.82, 2.24) is 20.1 Å². The Morgan fingerprint density at radius 3 is 2.49 bits per heavy atom. The number of ether oxygens (including phenoxy) is 3. The van der Waals surface area contributed by atoms with Gasteiger partial charge in [-0.3, -0.25) is 4.79 Å². The minimum absolute atomic E-state index is 0.0369. The molecule has 184 valence electrons. The highest BCUT2D eigenvalue weighted by Crippen LogP contribution is 2.53. The maximum absolute atomic E-state index is 12.6. The topological polar surface area (TPSA) is 112 Å². The summed E-state index contributed by atoms with van der Waals surface area (Å²) in [6.07, 6.45) is 4.83. The Labute approximate surface area is 203 Å². The number of nitrogens with one attached hydrogen (secondary N) is 1. The molecule has 3 heterocycles. The predicted molar refractivity (Wildman–Crippen MR) is 127 cm³/mol.